The van der Waals surface area contributed by atoms with Gasteiger partial charge in [-0.05, 0) is 108 Å². The Hall–Kier alpha value is -6.96. The van der Waals surface area contributed by atoms with Crippen LogP contribution < -0.4 is 10.6 Å². The van der Waals surface area contributed by atoms with Crippen LogP contribution in [-0.4, -0.2) is 86.6 Å². The van der Waals surface area contributed by atoms with Crippen molar-refractivity contribution in [3.05, 3.63) is 121 Å². The molecule has 14 nitrogen and oxygen atoms in total. The molecule has 0 radical (unpaired) electrons. The average Bonchev–Trinajstić information content (AvgIpc) is 3.90. The van der Waals surface area contributed by atoms with Crippen LogP contribution in [0.4, 0.5) is 9.59 Å². The first kappa shape index (κ1) is 45.2. The molecule has 3 heterocycles. The third-order valence-corrected chi connectivity index (χ3v) is 14.7. The van der Waals surface area contributed by atoms with E-state index in [9.17, 15) is 19.2 Å². The minimum Gasteiger partial charge on any atom is -0.453 e. The smallest absolute Gasteiger partial charge is 0.407 e. The van der Waals surface area contributed by atoms with Crippen molar-refractivity contribution >= 4 is 34.8 Å². The van der Waals surface area contributed by atoms with Crippen LogP contribution in [0.3, 0.4) is 0 Å². The van der Waals surface area contributed by atoms with Crippen LogP contribution in [0.15, 0.2) is 103 Å². The van der Waals surface area contributed by atoms with E-state index >= 15 is 0 Å². The number of carbonyl (C=O) groups excluding carboxylic acids is 4. The highest BCUT2D eigenvalue weighted by molar-refractivity contribution is 5.91. The molecule has 4 aromatic carbocycles. The number of hydrogen-bond donors (Lipinski definition) is 4. The number of nitrogens with zero attached hydrogens (tertiary/aromatic N) is 4. The molecule has 1 aliphatic heterocycles. The Morgan fingerprint density at radius 1 is 0.761 bits per heavy atom. The molecule has 348 valence electrons. The number of rotatable bonds is 14. The molecule has 9 rings (SSSR count). The zero-order valence-corrected chi connectivity index (χ0v) is 39.3. The van der Waals surface area contributed by atoms with Gasteiger partial charge in [-0.1, -0.05) is 99.6 Å². The number of carbonyl (C=O) groups is 4. The first-order valence-electron chi connectivity index (χ1n) is 23.3. The molecule has 0 spiro atoms. The normalized spacial score (nSPS) is 20.6. The molecule has 14 heteroatoms. The second-order valence-corrected chi connectivity index (χ2v) is 19.5. The van der Waals surface area contributed by atoms with E-state index in [1.54, 1.807) is 0 Å². The van der Waals surface area contributed by atoms with Crippen LogP contribution >= 0.6 is 0 Å². The zero-order chi connectivity index (χ0) is 47.2. The Balaban J connectivity index is 0.908. The standard InChI is InChI=1S/C53H60N8O6/c1-31(2)44(58-50(64)66-6)48(63)61-41-22-21-40(27-41)53(61,5)49-55-29-42(57-49)34-15-13-33(14-16-34)36-17-18-38-26-39(20-19-37(38)25-36)43-28-54-46(56-43)32(3)60(30-52(4)23-24-52)47(62)45(59-51(65)67-7)35-11-9-8-10-12-35/h8-20,25-26,28-29,31-32,40-41,44-45H,21-24,27,30H2,1-7H3,(H,54,56)(H,55,57)(H,58,64)(H,59,65)/t32-,40-,41+,44-,45?,53?/m0/s1. The summed E-state index contributed by atoms with van der Waals surface area (Å²) in [4.78, 5) is 73.9. The van der Waals surface area contributed by atoms with E-state index in [4.69, 9.17) is 19.4 Å². The van der Waals surface area contributed by atoms with Crippen molar-refractivity contribution in [3.8, 4) is 33.6 Å². The van der Waals surface area contributed by atoms with Crippen LogP contribution in [0.1, 0.15) is 96.0 Å². The fourth-order valence-corrected chi connectivity index (χ4v) is 10.3. The van der Waals surface area contributed by atoms with Gasteiger partial charge in [0.1, 0.15) is 29.3 Å². The first-order valence-corrected chi connectivity index (χ1v) is 23.3. The Morgan fingerprint density at radius 3 is 2.04 bits per heavy atom. The first-order chi connectivity index (χ1) is 32.2. The fourth-order valence-electron chi connectivity index (χ4n) is 10.3. The van der Waals surface area contributed by atoms with Crippen LogP contribution in [-0.2, 0) is 24.6 Å². The molecule has 3 aliphatic rings. The van der Waals surface area contributed by atoms with Gasteiger partial charge in [0.15, 0.2) is 0 Å². The number of aromatic amines is 2. The number of piperidine rings is 1. The summed E-state index contributed by atoms with van der Waals surface area (Å²) < 4.78 is 9.77. The molecule has 2 saturated carbocycles. The molecule has 2 unspecified atom stereocenters. The lowest BCUT2D eigenvalue weighted by Crippen LogP contribution is -2.59. The maximum absolute atomic E-state index is 14.4. The number of fused-ring (bicyclic) bond motifs is 3. The molecule has 4 amide bonds. The van der Waals surface area contributed by atoms with Crippen LogP contribution in [0.25, 0.3) is 44.4 Å². The SMILES string of the molecule is COC(=O)NC(C(=O)N(CC1(C)CC1)[C@@H](C)c1ncc(-c2ccc3cc(-c4ccc(-c5cnc(C6(C)[C@H]7CC[C@H](C7)N6C(=O)[C@@H](NC(=O)OC)C(C)C)[nH]5)cc4)ccc3c2)[nH]1)c1ccccc1. The number of H-pyrrole nitrogens is 2. The summed E-state index contributed by atoms with van der Waals surface area (Å²) in [6.07, 6.45) is 7.28. The molecule has 3 fully saturated rings. The molecule has 67 heavy (non-hydrogen) atoms. The van der Waals surface area contributed by atoms with Gasteiger partial charge < -0.3 is 39.9 Å². The van der Waals surface area contributed by atoms with Gasteiger partial charge in [-0.2, -0.15) is 0 Å². The second kappa shape index (κ2) is 18.0. The quantitative estimate of drug-likeness (QED) is 0.0836. The van der Waals surface area contributed by atoms with Gasteiger partial charge in [0.05, 0.1) is 44.0 Å². The number of benzene rings is 4. The maximum Gasteiger partial charge on any atom is 0.407 e. The van der Waals surface area contributed by atoms with Crippen molar-refractivity contribution in [1.29, 1.82) is 0 Å². The predicted octanol–water partition coefficient (Wildman–Crippen LogP) is 9.68. The minimum absolute atomic E-state index is 0.000727. The van der Waals surface area contributed by atoms with Crippen molar-refractivity contribution < 1.29 is 28.7 Å². The number of likely N-dealkylation sites (tertiary alicyclic amines) is 1. The highest BCUT2D eigenvalue weighted by atomic mass is 16.5. The number of amides is 4. The summed E-state index contributed by atoms with van der Waals surface area (Å²) in [6.45, 7) is 10.7. The average molecular weight is 905 g/mol. The largest absolute Gasteiger partial charge is 0.453 e. The number of alkyl carbamates (subject to hydrolysis) is 2. The maximum atomic E-state index is 14.4. The number of imidazole rings is 2. The summed E-state index contributed by atoms with van der Waals surface area (Å²) in [5, 5.41) is 7.72. The lowest BCUT2D eigenvalue weighted by atomic mass is 9.83. The summed E-state index contributed by atoms with van der Waals surface area (Å²) in [6, 6.07) is 28.5. The van der Waals surface area contributed by atoms with Crippen molar-refractivity contribution in [1.82, 2.24) is 40.4 Å². The molecular formula is C53H60N8O6. The monoisotopic (exact) mass is 904 g/mol. The van der Waals surface area contributed by atoms with Gasteiger partial charge in [0.2, 0.25) is 5.91 Å². The number of ether oxygens (including phenoxy) is 2. The number of methoxy groups -OCH3 is 2. The van der Waals surface area contributed by atoms with E-state index in [1.165, 1.54) is 14.2 Å². The van der Waals surface area contributed by atoms with Gasteiger partial charge in [-0.3, -0.25) is 9.59 Å². The van der Waals surface area contributed by atoms with Gasteiger partial charge >= 0.3 is 12.2 Å². The van der Waals surface area contributed by atoms with E-state index in [1.807, 2.05) is 73.3 Å². The lowest BCUT2D eigenvalue weighted by molar-refractivity contribution is -0.144. The van der Waals surface area contributed by atoms with E-state index in [0.29, 0.717) is 17.9 Å². The topological polar surface area (TPSA) is 175 Å². The predicted molar refractivity (Wildman–Crippen MR) is 256 cm³/mol. The Kier molecular flexibility index (Phi) is 12.2. The zero-order valence-electron chi connectivity index (χ0n) is 39.3. The Morgan fingerprint density at radius 2 is 1.37 bits per heavy atom. The van der Waals surface area contributed by atoms with Crippen molar-refractivity contribution in [2.45, 2.75) is 96.4 Å². The molecule has 2 bridgehead atoms. The van der Waals surface area contributed by atoms with E-state index in [-0.39, 0.29) is 35.1 Å². The van der Waals surface area contributed by atoms with E-state index in [0.717, 1.165) is 82.3 Å². The summed E-state index contributed by atoms with van der Waals surface area (Å²) in [7, 11) is 2.60. The summed E-state index contributed by atoms with van der Waals surface area (Å²) >= 11 is 0. The summed E-state index contributed by atoms with van der Waals surface area (Å²) in [5.74, 6) is 1.21. The van der Waals surface area contributed by atoms with Crippen molar-refractivity contribution in [3.63, 3.8) is 0 Å². The second-order valence-electron chi connectivity index (χ2n) is 19.5. The molecule has 6 aromatic rings. The molecule has 2 aliphatic carbocycles. The highest BCUT2D eigenvalue weighted by Crippen LogP contribution is 2.54. The minimum atomic E-state index is -0.920. The Bertz CT molecular complexity index is 2800. The lowest BCUT2D eigenvalue weighted by Gasteiger charge is -2.45. The third-order valence-electron chi connectivity index (χ3n) is 14.7. The molecular weight excluding hydrogens is 845 g/mol. The van der Waals surface area contributed by atoms with E-state index in [2.05, 4.69) is 95.1 Å². The van der Waals surface area contributed by atoms with Crippen molar-refractivity contribution in [2.24, 2.45) is 17.3 Å². The molecule has 1 saturated heterocycles. The molecule has 6 atom stereocenters. The Labute approximate surface area is 391 Å². The summed E-state index contributed by atoms with van der Waals surface area (Å²) in [5.41, 5.74) is 5.87. The van der Waals surface area contributed by atoms with Gasteiger partial charge in [0.25, 0.3) is 5.91 Å². The highest BCUT2D eigenvalue weighted by Gasteiger charge is 2.59. The third kappa shape index (κ3) is 8.76. The van der Waals surface area contributed by atoms with Crippen LogP contribution in [0.2, 0.25) is 0 Å². The molecule has 2 aromatic heterocycles. The van der Waals surface area contributed by atoms with E-state index < -0.39 is 35.9 Å². The fraction of sp³-hybridized carbons (Fsp3) is 0.396. The number of hydrogen-bond acceptors (Lipinski definition) is 8. The van der Waals surface area contributed by atoms with Gasteiger partial charge in [-0.15, -0.1) is 0 Å². The number of nitrogens with one attached hydrogen (secondary N) is 4. The van der Waals surface area contributed by atoms with Crippen molar-refractivity contribution in [2.75, 3.05) is 20.8 Å². The molecule has 4 N–H and O–H groups in total. The number of aromatic nitrogens is 4. The van der Waals surface area contributed by atoms with Crippen LogP contribution in [0.5, 0.6) is 0 Å². The van der Waals surface area contributed by atoms with Gasteiger partial charge in [0, 0.05) is 18.2 Å². The van der Waals surface area contributed by atoms with Crippen LogP contribution in [0, 0.1) is 17.3 Å². The van der Waals surface area contributed by atoms with Gasteiger partial charge in [-0.25, -0.2) is 19.6 Å².